The van der Waals surface area contributed by atoms with Gasteiger partial charge < -0.3 is 14.9 Å². The zero-order valence-electron chi connectivity index (χ0n) is 19.5. The van der Waals surface area contributed by atoms with E-state index < -0.39 is 6.04 Å². The zero-order chi connectivity index (χ0) is 23.2. The maximum absolute atomic E-state index is 13.3. The second kappa shape index (κ2) is 8.58. The standard InChI is InChI=1S/C27H33N3O3/c1-28(2)26(33)23-17-20-8-4-6-10-22(20)30(23)25(32)11-14-29-15-12-27(13-16-29)21-9-5-3-7-19(21)18-24(27)31/h3-10,23-24,31H,11-18H2,1-2H3/t23-,24?/m0/s1. The summed E-state index contributed by atoms with van der Waals surface area (Å²) in [6.07, 6.45) is 3.20. The predicted molar refractivity (Wildman–Crippen MR) is 128 cm³/mol. The van der Waals surface area contributed by atoms with Crippen LogP contribution in [0, 0.1) is 0 Å². The summed E-state index contributed by atoms with van der Waals surface area (Å²) < 4.78 is 0. The second-order valence-corrected chi connectivity index (χ2v) is 9.97. The fraction of sp³-hybridized carbons (Fsp3) is 0.481. The Balaban J connectivity index is 1.24. The molecule has 5 rings (SSSR count). The number of carbonyl (C=O) groups excluding carboxylic acids is 2. The molecule has 2 aromatic rings. The molecule has 1 N–H and O–H groups in total. The minimum absolute atomic E-state index is 0.00619. The molecule has 6 heteroatoms. The van der Waals surface area contributed by atoms with Gasteiger partial charge in [-0.25, -0.2) is 0 Å². The third kappa shape index (κ3) is 3.75. The number of nitrogens with zero attached hydrogens (tertiary/aromatic N) is 3. The second-order valence-electron chi connectivity index (χ2n) is 9.97. The van der Waals surface area contributed by atoms with Gasteiger partial charge in [-0.05, 0) is 55.1 Å². The van der Waals surface area contributed by atoms with Gasteiger partial charge in [0, 0.05) is 44.6 Å². The minimum Gasteiger partial charge on any atom is -0.392 e. The number of para-hydroxylation sites is 1. The normalized spacial score (nSPS) is 23.4. The van der Waals surface area contributed by atoms with Gasteiger partial charge >= 0.3 is 0 Å². The van der Waals surface area contributed by atoms with Crippen LogP contribution in [0.25, 0.3) is 0 Å². The molecular weight excluding hydrogens is 414 g/mol. The Kier molecular flexibility index (Phi) is 5.75. The van der Waals surface area contributed by atoms with Gasteiger partial charge in [-0.3, -0.25) is 14.5 Å². The van der Waals surface area contributed by atoms with E-state index in [0.717, 1.165) is 43.6 Å². The number of fused-ring (bicyclic) bond motifs is 3. The first-order valence-electron chi connectivity index (χ1n) is 12.0. The van der Waals surface area contributed by atoms with Crippen LogP contribution in [0.5, 0.6) is 0 Å². The van der Waals surface area contributed by atoms with Gasteiger partial charge in [-0.2, -0.15) is 0 Å². The number of hydrogen-bond donors (Lipinski definition) is 1. The summed E-state index contributed by atoms with van der Waals surface area (Å²) in [6.45, 7) is 2.42. The van der Waals surface area contributed by atoms with Crippen LogP contribution < -0.4 is 4.90 Å². The molecule has 2 atom stereocenters. The van der Waals surface area contributed by atoms with Crippen LogP contribution in [0.15, 0.2) is 48.5 Å². The van der Waals surface area contributed by atoms with Gasteiger partial charge in [0.25, 0.3) is 0 Å². The SMILES string of the molecule is CN(C)C(=O)[C@@H]1Cc2ccccc2N1C(=O)CCN1CCC2(CC1)c1ccccc1CC2O. The summed E-state index contributed by atoms with van der Waals surface area (Å²) in [5.41, 5.74) is 4.37. The third-order valence-corrected chi connectivity index (χ3v) is 7.97. The number of carbonyl (C=O) groups is 2. The van der Waals surface area contributed by atoms with Crippen molar-refractivity contribution in [1.29, 1.82) is 0 Å². The Labute approximate surface area is 195 Å². The zero-order valence-corrected chi connectivity index (χ0v) is 19.5. The van der Waals surface area contributed by atoms with Gasteiger partial charge in [-0.15, -0.1) is 0 Å². The number of likely N-dealkylation sites (tertiary alicyclic amines) is 1. The fourth-order valence-corrected chi connectivity index (χ4v) is 6.11. The number of aliphatic hydroxyl groups excluding tert-OH is 1. The molecule has 1 saturated heterocycles. The number of piperidine rings is 1. The summed E-state index contributed by atoms with van der Waals surface area (Å²) in [5.74, 6) is -0.0277. The van der Waals surface area contributed by atoms with Crippen LogP contribution in [-0.2, 0) is 27.8 Å². The largest absolute Gasteiger partial charge is 0.392 e. The van der Waals surface area contributed by atoms with Crippen molar-refractivity contribution in [2.45, 2.75) is 49.7 Å². The monoisotopic (exact) mass is 447 g/mol. The van der Waals surface area contributed by atoms with E-state index in [1.54, 1.807) is 23.9 Å². The molecule has 1 spiro atoms. The minimum atomic E-state index is -0.459. The predicted octanol–water partition coefficient (Wildman–Crippen LogP) is 2.37. The van der Waals surface area contributed by atoms with E-state index in [4.69, 9.17) is 0 Å². The molecule has 6 nitrogen and oxygen atoms in total. The molecular formula is C27H33N3O3. The lowest BCUT2D eigenvalue weighted by Gasteiger charge is -2.42. The first-order valence-corrected chi connectivity index (χ1v) is 12.0. The van der Waals surface area contributed by atoms with Gasteiger partial charge in [0.15, 0.2) is 0 Å². The average molecular weight is 448 g/mol. The highest BCUT2D eigenvalue weighted by molar-refractivity contribution is 6.03. The van der Waals surface area contributed by atoms with Crippen LogP contribution in [-0.4, -0.2) is 72.6 Å². The van der Waals surface area contributed by atoms with E-state index in [2.05, 4.69) is 29.2 Å². The Bertz CT molecular complexity index is 1060. The van der Waals surface area contributed by atoms with Crippen LogP contribution >= 0.6 is 0 Å². The highest BCUT2D eigenvalue weighted by Gasteiger charge is 2.47. The maximum Gasteiger partial charge on any atom is 0.245 e. The van der Waals surface area contributed by atoms with Crippen molar-refractivity contribution in [3.8, 4) is 0 Å². The van der Waals surface area contributed by atoms with Crippen LogP contribution in [0.1, 0.15) is 36.0 Å². The van der Waals surface area contributed by atoms with Crippen molar-refractivity contribution >= 4 is 17.5 Å². The first kappa shape index (κ1) is 22.1. The Morgan fingerprint density at radius 3 is 2.39 bits per heavy atom. The number of likely N-dealkylation sites (N-methyl/N-ethyl adjacent to an activating group) is 1. The van der Waals surface area contributed by atoms with Crippen molar-refractivity contribution in [2.75, 3.05) is 38.6 Å². The molecule has 2 heterocycles. The molecule has 0 aromatic heterocycles. The van der Waals surface area contributed by atoms with Crippen molar-refractivity contribution in [3.05, 3.63) is 65.2 Å². The van der Waals surface area contributed by atoms with Crippen LogP contribution in [0.3, 0.4) is 0 Å². The molecule has 0 bridgehead atoms. The number of amides is 2. The third-order valence-electron chi connectivity index (χ3n) is 7.97. The Morgan fingerprint density at radius 2 is 1.67 bits per heavy atom. The van der Waals surface area contributed by atoms with E-state index in [0.29, 0.717) is 19.4 Å². The van der Waals surface area contributed by atoms with Gasteiger partial charge in [0.2, 0.25) is 11.8 Å². The lowest BCUT2D eigenvalue weighted by Crippen LogP contribution is -2.50. The van der Waals surface area contributed by atoms with E-state index in [1.165, 1.54) is 11.1 Å². The van der Waals surface area contributed by atoms with Crippen LogP contribution in [0.2, 0.25) is 0 Å². The molecule has 1 fully saturated rings. The van der Waals surface area contributed by atoms with E-state index in [9.17, 15) is 14.7 Å². The molecule has 2 aliphatic heterocycles. The molecule has 2 amide bonds. The van der Waals surface area contributed by atoms with Gasteiger partial charge in [0.1, 0.15) is 6.04 Å². The summed E-state index contributed by atoms with van der Waals surface area (Å²) in [5, 5.41) is 10.9. The number of rotatable bonds is 4. The highest BCUT2D eigenvalue weighted by atomic mass is 16.3. The number of aliphatic hydroxyl groups is 1. The maximum atomic E-state index is 13.3. The molecule has 33 heavy (non-hydrogen) atoms. The molecule has 0 saturated carbocycles. The van der Waals surface area contributed by atoms with Crippen molar-refractivity contribution in [3.63, 3.8) is 0 Å². The highest BCUT2D eigenvalue weighted by Crippen LogP contribution is 2.46. The van der Waals surface area contributed by atoms with Crippen molar-refractivity contribution < 1.29 is 14.7 Å². The quantitative estimate of drug-likeness (QED) is 0.782. The summed E-state index contributed by atoms with van der Waals surface area (Å²) in [7, 11) is 3.49. The van der Waals surface area contributed by atoms with Crippen LogP contribution in [0.4, 0.5) is 5.69 Å². The number of benzene rings is 2. The molecule has 1 aliphatic carbocycles. The topological polar surface area (TPSA) is 64.1 Å². The van der Waals surface area contributed by atoms with Crippen molar-refractivity contribution in [1.82, 2.24) is 9.80 Å². The molecule has 1 unspecified atom stereocenters. The number of anilines is 1. The average Bonchev–Trinajstić information content (AvgIpc) is 3.34. The first-order chi connectivity index (χ1) is 15.9. The van der Waals surface area contributed by atoms with Gasteiger partial charge in [-0.1, -0.05) is 42.5 Å². The number of hydrogen-bond acceptors (Lipinski definition) is 4. The summed E-state index contributed by atoms with van der Waals surface area (Å²) >= 11 is 0. The molecule has 3 aliphatic rings. The lowest BCUT2D eigenvalue weighted by atomic mass is 9.72. The van der Waals surface area contributed by atoms with E-state index in [1.807, 2.05) is 24.3 Å². The Hall–Kier alpha value is -2.70. The molecule has 0 radical (unpaired) electrons. The lowest BCUT2D eigenvalue weighted by molar-refractivity contribution is -0.132. The molecule has 174 valence electrons. The summed E-state index contributed by atoms with van der Waals surface area (Å²) in [6, 6.07) is 15.8. The smallest absolute Gasteiger partial charge is 0.245 e. The summed E-state index contributed by atoms with van der Waals surface area (Å²) in [4.78, 5) is 31.8. The Morgan fingerprint density at radius 1 is 1.00 bits per heavy atom. The molecule has 2 aromatic carbocycles. The van der Waals surface area contributed by atoms with Gasteiger partial charge in [0.05, 0.1) is 6.10 Å². The van der Waals surface area contributed by atoms with E-state index in [-0.39, 0.29) is 23.3 Å². The van der Waals surface area contributed by atoms with E-state index >= 15 is 0 Å². The van der Waals surface area contributed by atoms with Crippen molar-refractivity contribution in [2.24, 2.45) is 0 Å². The fourth-order valence-electron chi connectivity index (χ4n) is 6.11.